The molecule has 0 aliphatic carbocycles. The van der Waals surface area contributed by atoms with Crippen molar-refractivity contribution in [1.29, 1.82) is 0 Å². The minimum atomic E-state index is -3.80. The zero-order valence-corrected chi connectivity index (χ0v) is 13.7. The summed E-state index contributed by atoms with van der Waals surface area (Å²) < 4.78 is 27.3. The molecule has 0 heterocycles. The fraction of sp³-hybridized carbons (Fsp3) is 0.0588. The first-order chi connectivity index (χ1) is 11.9. The van der Waals surface area contributed by atoms with Gasteiger partial charge in [0.2, 0.25) is 10.0 Å². The van der Waals surface area contributed by atoms with Crippen LogP contribution < -0.4 is 4.72 Å². The maximum absolute atomic E-state index is 12.4. The molecule has 8 heteroatoms. The SMILES string of the molecule is O=[N+]([O-])c1cccc(CNS(=O)(=O)c2ccc3c(O)cccc3c2)c1. The van der Waals surface area contributed by atoms with Crippen LogP contribution in [0.3, 0.4) is 0 Å². The molecular formula is C17H14N2O5S. The first-order valence-corrected chi connectivity index (χ1v) is 8.80. The second-order valence-electron chi connectivity index (χ2n) is 5.41. The van der Waals surface area contributed by atoms with Crippen LogP contribution in [-0.4, -0.2) is 18.4 Å². The Morgan fingerprint density at radius 2 is 1.80 bits per heavy atom. The standard InChI is InChI=1S/C17H14N2O5S/c20-17-6-2-4-13-10-15(7-8-16(13)17)25(23,24)18-11-12-3-1-5-14(9-12)19(21)22/h1-10,18,20H,11H2. The molecule has 3 rings (SSSR count). The maximum atomic E-state index is 12.4. The van der Waals surface area contributed by atoms with Gasteiger partial charge < -0.3 is 5.11 Å². The first-order valence-electron chi connectivity index (χ1n) is 7.31. The normalized spacial score (nSPS) is 11.5. The van der Waals surface area contributed by atoms with Crippen molar-refractivity contribution in [2.24, 2.45) is 0 Å². The zero-order chi connectivity index (χ0) is 18.0. The Hall–Kier alpha value is -2.97. The summed E-state index contributed by atoms with van der Waals surface area (Å²) in [7, 11) is -3.80. The molecule has 0 fully saturated rings. The van der Waals surface area contributed by atoms with Crippen LogP contribution in [0.5, 0.6) is 5.75 Å². The summed E-state index contributed by atoms with van der Waals surface area (Å²) in [6.07, 6.45) is 0. The monoisotopic (exact) mass is 358 g/mol. The lowest BCUT2D eigenvalue weighted by atomic mass is 10.1. The second-order valence-corrected chi connectivity index (χ2v) is 7.18. The average Bonchev–Trinajstić information content (AvgIpc) is 2.60. The van der Waals surface area contributed by atoms with Gasteiger partial charge in [0.15, 0.2) is 0 Å². The summed E-state index contributed by atoms with van der Waals surface area (Å²) in [6.45, 7) is -0.0674. The molecule has 0 aliphatic heterocycles. The predicted octanol–water partition coefficient (Wildman–Crippen LogP) is 2.93. The summed E-state index contributed by atoms with van der Waals surface area (Å²) in [6, 6.07) is 15.0. The van der Waals surface area contributed by atoms with Crippen LogP contribution in [0.2, 0.25) is 0 Å². The minimum Gasteiger partial charge on any atom is -0.507 e. The highest BCUT2D eigenvalue weighted by Crippen LogP contribution is 2.26. The summed E-state index contributed by atoms with van der Waals surface area (Å²) in [4.78, 5) is 10.3. The molecule has 0 saturated heterocycles. The van der Waals surface area contributed by atoms with Gasteiger partial charge in [-0.25, -0.2) is 13.1 Å². The largest absolute Gasteiger partial charge is 0.507 e. The fourth-order valence-corrected chi connectivity index (χ4v) is 3.51. The molecule has 3 aromatic rings. The van der Waals surface area contributed by atoms with Gasteiger partial charge in [-0.1, -0.05) is 24.3 Å². The number of phenolic OH excluding ortho intramolecular Hbond substituents is 1. The van der Waals surface area contributed by atoms with Crippen LogP contribution in [0.4, 0.5) is 5.69 Å². The lowest BCUT2D eigenvalue weighted by molar-refractivity contribution is -0.384. The Morgan fingerprint density at radius 3 is 2.56 bits per heavy atom. The first kappa shape index (κ1) is 16.9. The molecule has 0 saturated carbocycles. The van der Waals surface area contributed by atoms with Gasteiger partial charge in [-0.2, -0.15) is 0 Å². The number of nitro groups is 1. The number of nitrogens with one attached hydrogen (secondary N) is 1. The molecule has 25 heavy (non-hydrogen) atoms. The van der Waals surface area contributed by atoms with Crippen molar-refractivity contribution in [3.8, 4) is 5.75 Å². The van der Waals surface area contributed by atoms with Crippen LogP contribution >= 0.6 is 0 Å². The summed E-state index contributed by atoms with van der Waals surface area (Å²) in [5.41, 5.74) is 0.383. The van der Waals surface area contributed by atoms with Gasteiger partial charge in [0.1, 0.15) is 5.75 Å². The number of sulfonamides is 1. The molecule has 0 radical (unpaired) electrons. The third kappa shape index (κ3) is 3.59. The number of nitrogens with zero attached hydrogens (tertiary/aromatic N) is 1. The third-order valence-corrected chi connectivity index (χ3v) is 5.13. The summed E-state index contributed by atoms with van der Waals surface area (Å²) in [5.74, 6) is 0.0750. The van der Waals surface area contributed by atoms with Crippen LogP contribution in [0.15, 0.2) is 65.6 Å². The van der Waals surface area contributed by atoms with E-state index >= 15 is 0 Å². The van der Waals surface area contributed by atoms with Crippen molar-refractivity contribution in [3.05, 3.63) is 76.3 Å². The maximum Gasteiger partial charge on any atom is 0.269 e. The lowest BCUT2D eigenvalue weighted by Crippen LogP contribution is -2.23. The molecule has 7 nitrogen and oxygen atoms in total. The van der Waals surface area contributed by atoms with E-state index in [1.54, 1.807) is 18.2 Å². The number of benzene rings is 3. The Labute approximate surface area is 143 Å². The number of hydrogen-bond acceptors (Lipinski definition) is 5. The van der Waals surface area contributed by atoms with Crippen molar-refractivity contribution >= 4 is 26.5 Å². The molecular weight excluding hydrogens is 344 g/mol. The number of nitro benzene ring substituents is 1. The molecule has 3 aromatic carbocycles. The van der Waals surface area contributed by atoms with Crippen molar-refractivity contribution in [2.45, 2.75) is 11.4 Å². The highest BCUT2D eigenvalue weighted by Gasteiger charge is 2.15. The van der Waals surface area contributed by atoms with Crippen molar-refractivity contribution in [2.75, 3.05) is 0 Å². The topological polar surface area (TPSA) is 110 Å². The number of rotatable bonds is 5. The van der Waals surface area contributed by atoms with E-state index in [1.807, 2.05) is 0 Å². The fourth-order valence-electron chi connectivity index (χ4n) is 2.45. The Bertz CT molecular complexity index is 1060. The minimum absolute atomic E-state index is 0.0519. The molecule has 2 N–H and O–H groups in total. The summed E-state index contributed by atoms with van der Waals surface area (Å²) >= 11 is 0. The predicted molar refractivity (Wildman–Crippen MR) is 92.7 cm³/mol. The number of hydrogen-bond donors (Lipinski definition) is 2. The molecule has 0 aliphatic rings. The van der Waals surface area contributed by atoms with E-state index in [9.17, 15) is 23.6 Å². The Morgan fingerprint density at radius 1 is 1.04 bits per heavy atom. The van der Waals surface area contributed by atoms with E-state index in [-0.39, 0.29) is 22.9 Å². The van der Waals surface area contributed by atoms with E-state index in [1.165, 1.54) is 42.5 Å². The zero-order valence-electron chi connectivity index (χ0n) is 12.9. The molecule has 0 bridgehead atoms. The van der Waals surface area contributed by atoms with Gasteiger partial charge in [0, 0.05) is 24.1 Å². The molecule has 0 amide bonds. The summed E-state index contributed by atoms with van der Waals surface area (Å²) in [5, 5.41) is 21.7. The average molecular weight is 358 g/mol. The van der Waals surface area contributed by atoms with Gasteiger partial charge in [0.25, 0.3) is 5.69 Å². The van der Waals surface area contributed by atoms with E-state index < -0.39 is 14.9 Å². The van der Waals surface area contributed by atoms with Crippen molar-refractivity contribution in [3.63, 3.8) is 0 Å². The second kappa shape index (κ2) is 6.50. The van der Waals surface area contributed by atoms with E-state index in [0.29, 0.717) is 16.3 Å². The number of phenols is 1. The van der Waals surface area contributed by atoms with Crippen LogP contribution in [0, 0.1) is 10.1 Å². The molecule has 128 valence electrons. The number of aromatic hydroxyl groups is 1. The third-order valence-electron chi connectivity index (χ3n) is 3.73. The van der Waals surface area contributed by atoms with Gasteiger partial charge in [-0.3, -0.25) is 10.1 Å². The van der Waals surface area contributed by atoms with Crippen LogP contribution in [0.1, 0.15) is 5.56 Å². The smallest absolute Gasteiger partial charge is 0.269 e. The lowest BCUT2D eigenvalue weighted by Gasteiger charge is -2.08. The van der Waals surface area contributed by atoms with Crippen LogP contribution in [0.25, 0.3) is 10.8 Å². The van der Waals surface area contributed by atoms with Gasteiger partial charge >= 0.3 is 0 Å². The van der Waals surface area contributed by atoms with Gasteiger partial charge in [-0.15, -0.1) is 0 Å². The van der Waals surface area contributed by atoms with E-state index in [0.717, 1.165) is 0 Å². The number of non-ortho nitro benzene ring substituents is 1. The van der Waals surface area contributed by atoms with Gasteiger partial charge in [-0.05, 0) is 35.2 Å². The highest BCUT2D eigenvalue weighted by molar-refractivity contribution is 7.89. The molecule has 0 spiro atoms. The van der Waals surface area contributed by atoms with Crippen molar-refractivity contribution in [1.82, 2.24) is 4.72 Å². The number of fused-ring (bicyclic) bond motifs is 1. The van der Waals surface area contributed by atoms with E-state index in [2.05, 4.69) is 4.72 Å². The van der Waals surface area contributed by atoms with Gasteiger partial charge in [0.05, 0.1) is 9.82 Å². The van der Waals surface area contributed by atoms with Crippen molar-refractivity contribution < 1.29 is 18.4 Å². The van der Waals surface area contributed by atoms with Crippen LogP contribution in [-0.2, 0) is 16.6 Å². The highest BCUT2D eigenvalue weighted by atomic mass is 32.2. The van der Waals surface area contributed by atoms with E-state index in [4.69, 9.17) is 0 Å². The quantitative estimate of drug-likeness (QED) is 0.538. The Balaban J connectivity index is 1.85. The Kier molecular flexibility index (Phi) is 4.39. The molecule has 0 atom stereocenters. The molecule has 0 aromatic heterocycles. The molecule has 0 unspecified atom stereocenters.